The van der Waals surface area contributed by atoms with Gasteiger partial charge in [-0.1, -0.05) is 156 Å². The van der Waals surface area contributed by atoms with E-state index in [0.29, 0.717) is 19.8 Å². The molecule has 0 spiro atoms. The van der Waals surface area contributed by atoms with Crippen molar-refractivity contribution in [3.8, 4) is 0 Å². The van der Waals surface area contributed by atoms with E-state index in [1.807, 2.05) is 0 Å². The second-order valence-corrected chi connectivity index (χ2v) is 11.2. The summed E-state index contributed by atoms with van der Waals surface area (Å²) >= 11 is 0. The van der Waals surface area contributed by atoms with Crippen molar-refractivity contribution in [2.75, 3.05) is 19.8 Å². The Morgan fingerprint density at radius 2 is 0.514 bits per heavy atom. The summed E-state index contributed by atoms with van der Waals surface area (Å²) in [5.41, 5.74) is 0. The highest BCUT2D eigenvalue weighted by Gasteiger charge is 2.17. The molecule has 0 amide bonds. The van der Waals surface area contributed by atoms with E-state index in [1.54, 1.807) is 0 Å². The van der Waals surface area contributed by atoms with Crippen molar-refractivity contribution in [2.24, 2.45) is 0 Å². The Morgan fingerprint density at radius 3 is 0.757 bits per heavy atom. The Morgan fingerprint density at radius 1 is 0.297 bits per heavy atom. The summed E-state index contributed by atoms with van der Waals surface area (Å²) in [6.07, 6.45) is 30.0. The summed E-state index contributed by atoms with van der Waals surface area (Å²) in [4.78, 5) is 16.0. The lowest BCUT2D eigenvalue weighted by atomic mass is 10.1. The molecule has 7 heteroatoms. The molecule has 0 unspecified atom stereocenters. The van der Waals surface area contributed by atoms with E-state index in [4.69, 9.17) is 28.7 Å². The predicted molar refractivity (Wildman–Crippen MR) is 156 cm³/mol. The molecule has 0 radical (unpaired) electrons. The minimum atomic E-state index is -1.83. The molecular weight excluding hydrogens is 487 g/mol. The van der Waals surface area contributed by atoms with E-state index >= 15 is 0 Å². The molecule has 0 aliphatic rings. The maximum Gasteiger partial charge on any atom is 0.421 e. The highest BCUT2D eigenvalue weighted by molar-refractivity contribution is 7.41. The van der Waals surface area contributed by atoms with Crippen molar-refractivity contribution in [2.45, 2.75) is 175 Å². The van der Waals surface area contributed by atoms with E-state index < -0.39 is 8.60 Å². The van der Waals surface area contributed by atoms with Crippen LogP contribution in [0.2, 0.25) is 0 Å². The first-order valence-electron chi connectivity index (χ1n) is 16.0. The average Bonchev–Trinajstić information content (AvgIpc) is 2.91. The third-order valence-electron chi connectivity index (χ3n) is 6.58. The van der Waals surface area contributed by atoms with Crippen LogP contribution in [0.1, 0.15) is 175 Å². The fourth-order valence-corrected chi connectivity index (χ4v) is 4.72. The topological polar surface area (TPSA) is 55.4 Å². The molecule has 0 heterocycles. The zero-order valence-electron chi connectivity index (χ0n) is 25.0. The second-order valence-electron chi connectivity index (χ2n) is 10.3. The summed E-state index contributed by atoms with van der Waals surface area (Å²) in [7, 11) is -1.83. The van der Waals surface area contributed by atoms with Crippen molar-refractivity contribution in [3.63, 3.8) is 0 Å². The van der Waals surface area contributed by atoms with Crippen LogP contribution in [0.4, 0.5) is 0 Å². The van der Waals surface area contributed by atoms with Crippen LogP contribution >= 0.6 is 8.60 Å². The van der Waals surface area contributed by atoms with E-state index in [0.717, 1.165) is 38.5 Å². The number of hydrogen-bond acceptors (Lipinski definition) is 6. The average molecular weight is 551 g/mol. The molecule has 0 aromatic carbocycles. The lowest BCUT2D eigenvalue weighted by molar-refractivity contribution is -0.311. The maximum absolute atomic E-state index is 5.34. The molecule has 224 valence electrons. The van der Waals surface area contributed by atoms with E-state index in [9.17, 15) is 0 Å². The number of hydrogen-bond donors (Lipinski definition) is 0. The second kappa shape index (κ2) is 34.2. The Balaban J connectivity index is 3.87. The highest BCUT2D eigenvalue weighted by Crippen LogP contribution is 2.40. The van der Waals surface area contributed by atoms with Gasteiger partial charge in [-0.15, -0.1) is 14.0 Å². The van der Waals surface area contributed by atoms with Gasteiger partial charge in [-0.25, -0.2) is 14.7 Å². The smallest absolute Gasteiger partial charge is 0.229 e. The summed E-state index contributed by atoms with van der Waals surface area (Å²) in [5, 5.41) is 0. The van der Waals surface area contributed by atoms with Gasteiger partial charge >= 0.3 is 8.60 Å². The molecule has 0 bridgehead atoms. The van der Waals surface area contributed by atoms with Crippen LogP contribution in [-0.4, -0.2) is 19.8 Å². The highest BCUT2D eigenvalue weighted by atomic mass is 31.2. The summed E-state index contributed by atoms with van der Waals surface area (Å²) < 4.78 is 16.0. The van der Waals surface area contributed by atoms with Crippen molar-refractivity contribution in [1.29, 1.82) is 0 Å². The summed E-state index contributed by atoms with van der Waals surface area (Å²) in [6.45, 7) is 8.33. The predicted octanol–water partition coefficient (Wildman–Crippen LogP) is 11.5. The molecule has 6 nitrogen and oxygen atoms in total. The first-order valence-corrected chi connectivity index (χ1v) is 17.1. The molecule has 37 heavy (non-hydrogen) atoms. The molecule has 0 aliphatic heterocycles. The monoisotopic (exact) mass is 550 g/mol. The van der Waals surface area contributed by atoms with Crippen LogP contribution in [0.3, 0.4) is 0 Å². The maximum atomic E-state index is 5.34. The van der Waals surface area contributed by atoms with E-state index in [2.05, 4.69) is 20.8 Å². The fourth-order valence-electron chi connectivity index (χ4n) is 4.16. The number of unbranched alkanes of at least 4 members (excludes halogenated alkanes) is 21. The van der Waals surface area contributed by atoms with Crippen molar-refractivity contribution in [1.82, 2.24) is 0 Å². The van der Waals surface area contributed by atoms with Gasteiger partial charge in [0.1, 0.15) is 0 Å². The third kappa shape index (κ3) is 32.3. The Labute approximate surface area is 232 Å². The lowest BCUT2D eigenvalue weighted by Gasteiger charge is -2.13. The molecular formula is C30H63O6P. The van der Waals surface area contributed by atoms with Gasteiger partial charge in [-0.3, -0.25) is 0 Å². The molecule has 0 rings (SSSR count). The van der Waals surface area contributed by atoms with Crippen LogP contribution in [-0.2, 0) is 28.7 Å². The summed E-state index contributed by atoms with van der Waals surface area (Å²) in [5.74, 6) is 0. The minimum absolute atomic E-state index is 0.524. The van der Waals surface area contributed by atoms with Crippen LogP contribution in [0.25, 0.3) is 0 Å². The van der Waals surface area contributed by atoms with Gasteiger partial charge in [0.2, 0.25) is 0 Å². The third-order valence-corrected chi connectivity index (χ3v) is 7.27. The normalized spacial score (nSPS) is 11.7. The molecule has 0 atom stereocenters. The molecule has 0 saturated carbocycles. The minimum Gasteiger partial charge on any atom is -0.229 e. The quantitative estimate of drug-likeness (QED) is 0.0350. The van der Waals surface area contributed by atoms with Gasteiger partial charge in [-0.05, 0) is 19.3 Å². The Bertz CT molecular complexity index is 345. The van der Waals surface area contributed by atoms with Gasteiger partial charge in [0.25, 0.3) is 0 Å². The van der Waals surface area contributed by atoms with Crippen LogP contribution < -0.4 is 0 Å². The van der Waals surface area contributed by atoms with Crippen LogP contribution in [0.5, 0.6) is 0 Å². The van der Waals surface area contributed by atoms with Gasteiger partial charge in [0, 0.05) is 0 Å². The largest absolute Gasteiger partial charge is 0.421 e. The molecule has 0 saturated heterocycles. The van der Waals surface area contributed by atoms with Crippen molar-refractivity contribution in [3.05, 3.63) is 0 Å². The van der Waals surface area contributed by atoms with Gasteiger partial charge in [-0.2, -0.15) is 0 Å². The molecule has 0 aromatic rings. The fraction of sp³-hybridized carbons (Fsp3) is 1.00. The first-order chi connectivity index (χ1) is 18.3. The summed E-state index contributed by atoms with van der Waals surface area (Å²) in [6, 6.07) is 0. The standard InChI is InChI=1S/C30H63O6P/c1-4-7-10-13-16-19-22-25-28-31-34-37(35-32-29-26-23-20-17-14-11-8-5-2)36-33-30-27-24-21-18-15-12-9-6-3/h4-30H2,1-3H3. The Hall–Kier alpha value is 0.190. The van der Waals surface area contributed by atoms with Gasteiger partial charge < -0.3 is 0 Å². The molecule has 0 fully saturated rings. The van der Waals surface area contributed by atoms with E-state index in [1.165, 1.54) is 116 Å². The van der Waals surface area contributed by atoms with Crippen LogP contribution in [0.15, 0.2) is 0 Å². The molecule has 0 aromatic heterocycles. The molecule has 0 N–H and O–H groups in total. The number of rotatable bonds is 33. The van der Waals surface area contributed by atoms with Gasteiger partial charge in [0.15, 0.2) is 0 Å². The SMILES string of the molecule is CCCCCCCCCCOOP(OOCCCCCCCCCC)OOCCCCCCCCCC. The molecule has 0 aliphatic carbocycles. The van der Waals surface area contributed by atoms with Crippen molar-refractivity contribution >= 4 is 8.60 Å². The zero-order chi connectivity index (χ0) is 26.9. The zero-order valence-corrected chi connectivity index (χ0v) is 25.9. The Kier molecular flexibility index (Phi) is 34.4. The van der Waals surface area contributed by atoms with Crippen LogP contribution in [0, 0.1) is 0 Å². The lowest BCUT2D eigenvalue weighted by Crippen LogP contribution is -2.02. The first kappa shape index (κ1) is 37.2. The van der Waals surface area contributed by atoms with Crippen molar-refractivity contribution < 1.29 is 28.7 Å². The van der Waals surface area contributed by atoms with E-state index in [-0.39, 0.29) is 0 Å². The van der Waals surface area contributed by atoms with Gasteiger partial charge in [0.05, 0.1) is 19.8 Å².